The molecule has 1 aromatic heterocycles. The molecule has 0 aliphatic heterocycles. The van der Waals surface area contributed by atoms with Gasteiger partial charge in [0.05, 0.1) is 18.1 Å². The number of para-hydroxylation sites is 1. The number of unbranched alkanes of at least 4 members (excludes halogenated alkanes) is 1. The van der Waals surface area contributed by atoms with Gasteiger partial charge in [0.15, 0.2) is 0 Å². The number of imide groups is 1. The molecule has 2 N–H and O–H groups in total. The van der Waals surface area contributed by atoms with Crippen LogP contribution in [0.25, 0.3) is 11.0 Å². The summed E-state index contributed by atoms with van der Waals surface area (Å²) in [6.07, 6.45) is 3.46. The van der Waals surface area contributed by atoms with E-state index in [1.807, 2.05) is 42.5 Å². The lowest BCUT2D eigenvalue weighted by Crippen LogP contribution is -2.20. The number of aryl methyl sites for hydroxylation is 2. The monoisotopic (exact) mass is 461 g/mol. The number of carbonyl (C=O) groups is 2. The van der Waals surface area contributed by atoms with Crippen LogP contribution in [0.15, 0.2) is 51.7 Å². The third kappa shape index (κ3) is 6.60. The van der Waals surface area contributed by atoms with Crippen LogP contribution in [0.1, 0.15) is 24.8 Å². The second kappa shape index (κ2) is 11.2. The van der Waals surface area contributed by atoms with E-state index in [0.717, 1.165) is 40.5 Å². The number of benzene rings is 2. The quantitative estimate of drug-likeness (QED) is 0.416. The number of nitrogens with zero attached hydrogens (tertiary/aromatic N) is 1. The van der Waals surface area contributed by atoms with Crippen LogP contribution in [0.4, 0.5) is 0 Å². The highest BCUT2D eigenvalue weighted by molar-refractivity contribution is 9.10. The summed E-state index contributed by atoms with van der Waals surface area (Å²) in [6.45, 7) is 0. The van der Waals surface area contributed by atoms with Crippen molar-refractivity contribution < 1.29 is 14.3 Å². The highest BCUT2D eigenvalue weighted by atomic mass is 79.9. The number of hydrogen-bond acceptors (Lipinski definition) is 4. The molecule has 0 saturated heterocycles. The van der Waals surface area contributed by atoms with Crippen LogP contribution in [0.3, 0.4) is 0 Å². The van der Waals surface area contributed by atoms with Crippen LogP contribution in [-0.2, 0) is 23.1 Å². The molecule has 0 unspecified atom stereocenters. The van der Waals surface area contributed by atoms with E-state index in [0.29, 0.717) is 12.8 Å². The molecule has 0 bridgehead atoms. The summed E-state index contributed by atoms with van der Waals surface area (Å²) >= 11 is 3.38. The minimum atomic E-state index is -0.213. The van der Waals surface area contributed by atoms with Gasteiger partial charge in [-0.1, -0.05) is 18.2 Å². The maximum Gasteiger partial charge on any atom is 0.326 e. The van der Waals surface area contributed by atoms with E-state index in [2.05, 4.69) is 26.2 Å². The first-order valence-corrected chi connectivity index (χ1v) is 9.94. The molecule has 8 heteroatoms. The van der Waals surface area contributed by atoms with E-state index in [1.54, 1.807) is 18.7 Å². The Morgan fingerprint density at radius 2 is 1.93 bits per heavy atom. The number of imidazole rings is 1. The number of fused-ring (bicyclic) bond motifs is 1. The third-order valence-corrected chi connectivity index (χ3v) is 5.01. The highest BCUT2D eigenvalue weighted by Gasteiger charge is 2.04. The summed E-state index contributed by atoms with van der Waals surface area (Å²) in [5.41, 5.74) is 2.90. The van der Waals surface area contributed by atoms with Gasteiger partial charge < -0.3 is 9.72 Å². The van der Waals surface area contributed by atoms with Crippen LogP contribution in [-0.4, -0.2) is 29.0 Å². The second-order valence-electron chi connectivity index (χ2n) is 6.37. The van der Waals surface area contributed by atoms with Gasteiger partial charge in [-0.3, -0.25) is 19.5 Å². The molecular weight excluding hydrogens is 438 g/mol. The lowest BCUT2D eigenvalue weighted by Gasteiger charge is -2.03. The topological polar surface area (TPSA) is 93.2 Å². The van der Waals surface area contributed by atoms with E-state index in [4.69, 9.17) is 4.74 Å². The molecule has 0 fully saturated rings. The number of aromatic amines is 1. The summed E-state index contributed by atoms with van der Waals surface area (Å²) < 4.78 is 7.58. The number of nitrogens with one attached hydrogen (secondary N) is 2. The Morgan fingerprint density at radius 3 is 2.55 bits per heavy atom. The van der Waals surface area contributed by atoms with Crippen molar-refractivity contribution in [3.05, 3.63) is 63.0 Å². The number of amides is 2. The first kappa shape index (κ1) is 22.4. The molecule has 3 aromatic rings. The summed E-state index contributed by atoms with van der Waals surface area (Å²) in [6, 6.07) is 13.6. The molecule has 29 heavy (non-hydrogen) atoms. The van der Waals surface area contributed by atoms with Crippen molar-refractivity contribution in [1.82, 2.24) is 14.9 Å². The normalized spacial score (nSPS) is 10.2. The minimum absolute atomic E-state index is 0.0862. The van der Waals surface area contributed by atoms with Gasteiger partial charge in [-0.2, -0.15) is 0 Å². The van der Waals surface area contributed by atoms with Gasteiger partial charge in [0.1, 0.15) is 5.75 Å². The number of rotatable bonds is 7. The van der Waals surface area contributed by atoms with Crippen LogP contribution in [0, 0.1) is 0 Å². The average Bonchev–Trinajstić information content (AvgIpc) is 3.01. The summed E-state index contributed by atoms with van der Waals surface area (Å²) in [7, 11) is 3.38. The Hall–Kier alpha value is -2.87. The van der Waals surface area contributed by atoms with Gasteiger partial charge >= 0.3 is 5.69 Å². The molecule has 154 valence electrons. The maximum absolute atomic E-state index is 11.2. The average molecular weight is 462 g/mol. The van der Waals surface area contributed by atoms with Crippen molar-refractivity contribution in [3.63, 3.8) is 0 Å². The predicted octanol–water partition coefficient (Wildman–Crippen LogP) is 3.31. The molecule has 0 atom stereocenters. The number of carbonyl (C=O) groups excluding carboxylic acids is 2. The molecular formula is C21H24BrN3O4. The fraction of sp³-hybridized carbons (Fsp3) is 0.286. The van der Waals surface area contributed by atoms with Gasteiger partial charge in [-0.15, -0.1) is 0 Å². The van der Waals surface area contributed by atoms with Crippen molar-refractivity contribution >= 4 is 39.3 Å². The molecule has 2 aromatic carbocycles. The lowest BCUT2D eigenvalue weighted by atomic mass is 10.1. The smallest absolute Gasteiger partial charge is 0.326 e. The fourth-order valence-corrected chi connectivity index (χ4v) is 3.43. The Kier molecular flexibility index (Phi) is 8.67. The van der Waals surface area contributed by atoms with E-state index in [9.17, 15) is 14.4 Å². The third-order valence-electron chi connectivity index (χ3n) is 4.37. The van der Waals surface area contributed by atoms with Crippen LogP contribution >= 0.6 is 15.9 Å². The van der Waals surface area contributed by atoms with Crippen molar-refractivity contribution in [2.75, 3.05) is 7.11 Å². The molecule has 0 spiro atoms. The summed E-state index contributed by atoms with van der Waals surface area (Å²) in [5.74, 6) is 0.633. The van der Waals surface area contributed by atoms with Gasteiger partial charge in [-0.25, -0.2) is 4.79 Å². The zero-order valence-corrected chi connectivity index (χ0v) is 18.0. The van der Waals surface area contributed by atoms with Gasteiger partial charge in [-0.05, 0) is 65.0 Å². The Labute approximate surface area is 177 Å². The predicted molar refractivity (Wildman–Crippen MR) is 116 cm³/mol. The van der Waals surface area contributed by atoms with Crippen LogP contribution < -0.4 is 15.7 Å². The molecule has 0 aliphatic carbocycles. The molecule has 1 heterocycles. The maximum atomic E-state index is 11.2. The molecule has 0 radical (unpaired) electrons. The number of ether oxygens (including phenoxy) is 1. The zero-order valence-electron chi connectivity index (χ0n) is 16.4. The van der Waals surface area contributed by atoms with Crippen LogP contribution in [0.2, 0.25) is 0 Å². The second-order valence-corrected chi connectivity index (χ2v) is 7.22. The lowest BCUT2D eigenvalue weighted by molar-refractivity contribution is -0.125. The molecule has 7 nitrogen and oxygen atoms in total. The largest absolute Gasteiger partial charge is 0.497 e. The molecule has 0 saturated carbocycles. The van der Waals surface area contributed by atoms with Gasteiger partial charge in [0, 0.05) is 17.9 Å². The van der Waals surface area contributed by atoms with Gasteiger partial charge in [0.2, 0.25) is 12.3 Å². The van der Waals surface area contributed by atoms with Crippen molar-refractivity contribution in [2.24, 2.45) is 7.05 Å². The first-order valence-electron chi connectivity index (χ1n) is 9.15. The number of H-pyrrole nitrogens is 1. The number of halogens is 1. The van der Waals surface area contributed by atoms with Crippen molar-refractivity contribution in [2.45, 2.75) is 25.7 Å². The van der Waals surface area contributed by atoms with Crippen molar-refractivity contribution in [1.29, 1.82) is 0 Å². The number of aromatic nitrogens is 2. The Bertz CT molecular complexity index is 1010. The SMILES string of the molecule is COc1ccc(CCCCC(=O)NC=O)cc1.Cn1c(=O)[nH]c2cccc(Br)c21. The zero-order chi connectivity index (χ0) is 21.2. The summed E-state index contributed by atoms with van der Waals surface area (Å²) in [4.78, 5) is 34.9. The van der Waals surface area contributed by atoms with E-state index < -0.39 is 0 Å². The fourth-order valence-electron chi connectivity index (χ4n) is 2.80. The highest BCUT2D eigenvalue weighted by Crippen LogP contribution is 2.20. The Morgan fingerprint density at radius 1 is 1.21 bits per heavy atom. The van der Waals surface area contributed by atoms with Gasteiger partial charge in [0.25, 0.3) is 0 Å². The Balaban J connectivity index is 0.000000218. The van der Waals surface area contributed by atoms with Crippen LogP contribution in [0.5, 0.6) is 5.75 Å². The van der Waals surface area contributed by atoms with Crippen molar-refractivity contribution in [3.8, 4) is 5.75 Å². The molecule has 3 rings (SSSR count). The summed E-state index contributed by atoms with van der Waals surface area (Å²) in [5, 5.41) is 2.12. The number of methoxy groups -OCH3 is 1. The molecule has 0 aliphatic rings. The number of hydrogen-bond donors (Lipinski definition) is 2. The van der Waals surface area contributed by atoms with E-state index in [1.165, 1.54) is 5.56 Å². The molecule has 2 amide bonds. The van der Waals surface area contributed by atoms with E-state index >= 15 is 0 Å². The minimum Gasteiger partial charge on any atom is -0.497 e. The first-order chi connectivity index (χ1) is 14.0. The standard InChI is InChI=1S/C13H17NO3.C8H7BrN2O/c1-17-12-8-6-11(7-9-12)4-2-3-5-13(16)14-10-15;1-11-7-5(9)3-2-4-6(7)10-8(11)12/h6-10H,2-5H2,1H3,(H,14,15,16);2-4H,1H3,(H,10,12). The van der Waals surface area contributed by atoms with E-state index in [-0.39, 0.29) is 11.6 Å².